The van der Waals surface area contributed by atoms with Crippen LogP contribution in [0.1, 0.15) is 44.0 Å². The maximum absolute atomic E-state index is 16.0. The number of alkyl carbamates (subject to hydrolysis) is 1. The molecule has 0 saturated carbocycles. The normalized spacial score (nSPS) is 17.5. The molecule has 13 heteroatoms. The third-order valence-electron chi connectivity index (χ3n) is 8.94. The summed E-state index contributed by atoms with van der Waals surface area (Å²) >= 11 is 0. The first-order valence-electron chi connectivity index (χ1n) is 16.5. The molecule has 4 heterocycles. The number of aromatic nitrogens is 1. The van der Waals surface area contributed by atoms with Gasteiger partial charge in [0.2, 0.25) is 11.3 Å². The number of fused-ring (bicyclic) bond motifs is 3. The van der Waals surface area contributed by atoms with Gasteiger partial charge in [-0.15, -0.1) is 0 Å². The summed E-state index contributed by atoms with van der Waals surface area (Å²) in [6.45, 7) is 8.86. The zero-order valence-corrected chi connectivity index (χ0v) is 27.6. The molecular weight excluding hydrogens is 633 g/mol. The smallest absolute Gasteiger partial charge is 0.407 e. The van der Waals surface area contributed by atoms with Gasteiger partial charge >= 0.3 is 6.09 Å². The van der Waals surface area contributed by atoms with E-state index in [-0.39, 0.29) is 46.9 Å². The fraction of sp³-hybridized carbons (Fsp3) is 0.389. The number of carbonyl (C=O) groups excluding carboxylic acids is 3. The van der Waals surface area contributed by atoms with Gasteiger partial charge in [0.15, 0.2) is 17.3 Å². The molecule has 4 aromatic rings. The van der Waals surface area contributed by atoms with Crippen LogP contribution in [0.4, 0.5) is 14.9 Å². The molecule has 12 nitrogen and oxygen atoms in total. The van der Waals surface area contributed by atoms with Crippen LogP contribution in [-0.2, 0) is 14.3 Å². The summed E-state index contributed by atoms with van der Waals surface area (Å²) < 4.78 is 34.7. The maximum atomic E-state index is 16.0. The number of carbonyl (C=O) groups is 3. The number of anilines is 1. The number of rotatable bonds is 6. The number of amides is 3. The average molecular weight is 672 g/mol. The van der Waals surface area contributed by atoms with Crippen LogP contribution in [0.15, 0.2) is 53.5 Å². The van der Waals surface area contributed by atoms with Gasteiger partial charge < -0.3 is 34.3 Å². The van der Waals surface area contributed by atoms with Gasteiger partial charge in [-0.2, -0.15) is 0 Å². The van der Waals surface area contributed by atoms with Crippen molar-refractivity contribution in [1.29, 1.82) is 0 Å². The molecule has 3 amide bonds. The molecule has 3 aliphatic heterocycles. The maximum Gasteiger partial charge on any atom is 0.407 e. The third-order valence-corrected chi connectivity index (χ3v) is 8.94. The summed E-state index contributed by atoms with van der Waals surface area (Å²) in [6.07, 6.45) is 1.47. The molecule has 1 aromatic heterocycles. The molecule has 7 rings (SSSR count). The molecule has 0 spiro atoms. The van der Waals surface area contributed by atoms with E-state index in [1.54, 1.807) is 31.4 Å². The van der Waals surface area contributed by atoms with E-state index in [1.165, 1.54) is 11.1 Å². The van der Waals surface area contributed by atoms with Gasteiger partial charge in [0.1, 0.15) is 22.4 Å². The number of nitrogens with one attached hydrogen (secondary N) is 2. The van der Waals surface area contributed by atoms with Crippen LogP contribution in [0.25, 0.3) is 27.4 Å². The molecule has 2 N–H and O–H groups in total. The molecule has 3 aliphatic rings. The quantitative estimate of drug-likeness (QED) is 0.264. The Morgan fingerprint density at radius 3 is 2.51 bits per heavy atom. The van der Waals surface area contributed by atoms with Gasteiger partial charge in [-0.1, -0.05) is 24.3 Å². The predicted octanol–water partition coefficient (Wildman–Crippen LogP) is 4.79. The molecule has 2 fully saturated rings. The zero-order chi connectivity index (χ0) is 34.4. The average Bonchev–Trinajstić information content (AvgIpc) is 3.53. The molecule has 0 radical (unpaired) electrons. The number of nitrogens with zero attached hydrogens (tertiary/aromatic N) is 3. The first-order valence-corrected chi connectivity index (χ1v) is 16.5. The lowest BCUT2D eigenvalue weighted by Gasteiger charge is -2.27. The van der Waals surface area contributed by atoms with Crippen molar-refractivity contribution in [3.8, 4) is 17.2 Å². The molecule has 3 aromatic carbocycles. The van der Waals surface area contributed by atoms with E-state index >= 15 is 4.39 Å². The van der Waals surface area contributed by atoms with Gasteiger partial charge in [-0.3, -0.25) is 19.3 Å². The SMILES string of the molecule is CC(C)(C)OC(=O)N[C@@H]1CCN(C(=O)c2cn3c4c(c(NC(=O)CCN5CCOCC5)c(F)cc4c2=O)Oc2cc4ccccc4cc2-3)C1. The number of pyridine rings is 1. The van der Waals surface area contributed by atoms with E-state index in [1.807, 2.05) is 30.3 Å². The van der Waals surface area contributed by atoms with Gasteiger partial charge in [0.05, 0.1) is 30.3 Å². The van der Waals surface area contributed by atoms with Gasteiger partial charge in [0.25, 0.3) is 5.91 Å². The van der Waals surface area contributed by atoms with Crippen molar-refractivity contribution in [3.05, 3.63) is 70.3 Å². The fourth-order valence-corrected chi connectivity index (χ4v) is 6.57. The molecule has 1 atom stereocenters. The van der Waals surface area contributed by atoms with Crippen molar-refractivity contribution >= 4 is 45.3 Å². The Morgan fingerprint density at radius 1 is 1.04 bits per heavy atom. The van der Waals surface area contributed by atoms with E-state index in [4.69, 9.17) is 14.2 Å². The van der Waals surface area contributed by atoms with Crippen molar-refractivity contribution in [2.24, 2.45) is 0 Å². The largest absolute Gasteiger partial charge is 0.451 e. The number of morpholine rings is 1. The van der Waals surface area contributed by atoms with Crippen LogP contribution < -0.4 is 20.8 Å². The Morgan fingerprint density at radius 2 is 1.78 bits per heavy atom. The highest BCUT2D eigenvalue weighted by Crippen LogP contribution is 2.46. The van der Waals surface area contributed by atoms with Gasteiger partial charge in [-0.25, -0.2) is 9.18 Å². The molecule has 256 valence electrons. The van der Waals surface area contributed by atoms with Gasteiger partial charge in [0, 0.05) is 45.3 Å². The summed E-state index contributed by atoms with van der Waals surface area (Å²) in [7, 11) is 0. The zero-order valence-electron chi connectivity index (χ0n) is 27.6. The second-order valence-corrected chi connectivity index (χ2v) is 13.6. The second kappa shape index (κ2) is 12.8. The summed E-state index contributed by atoms with van der Waals surface area (Å²) in [6, 6.07) is 12.0. The Hall–Kier alpha value is -5.01. The minimum Gasteiger partial charge on any atom is -0.451 e. The van der Waals surface area contributed by atoms with E-state index in [0.29, 0.717) is 57.3 Å². The molecule has 0 unspecified atom stereocenters. The van der Waals surface area contributed by atoms with Crippen molar-refractivity contribution in [1.82, 2.24) is 19.7 Å². The van der Waals surface area contributed by atoms with E-state index < -0.39 is 34.8 Å². The minimum absolute atomic E-state index is 0.0172. The molecule has 0 aliphatic carbocycles. The molecule has 0 bridgehead atoms. The molecular formula is C36H38FN5O7. The summed E-state index contributed by atoms with van der Waals surface area (Å²) in [5.74, 6) is -1.45. The highest BCUT2D eigenvalue weighted by molar-refractivity contribution is 6.04. The van der Waals surface area contributed by atoms with Crippen LogP contribution >= 0.6 is 0 Å². The third kappa shape index (κ3) is 6.55. The first-order chi connectivity index (χ1) is 23.4. The predicted molar refractivity (Wildman–Crippen MR) is 181 cm³/mol. The monoisotopic (exact) mass is 671 g/mol. The van der Waals surface area contributed by atoms with E-state index in [0.717, 1.165) is 16.8 Å². The Kier molecular flexibility index (Phi) is 8.49. The van der Waals surface area contributed by atoms with Crippen LogP contribution in [-0.4, -0.2) is 89.9 Å². The molecule has 49 heavy (non-hydrogen) atoms. The van der Waals surface area contributed by atoms with Crippen LogP contribution in [0, 0.1) is 5.82 Å². The summed E-state index contributed by atoms with van der Waals surface area (Å²) in [4.78, 5) is 57.0. The van der Waals surface area contributed by atoms with Crippen LogP contribution in [0.5, 0.6) is 11.5 Å². The number of benzene rings is 3. The fourth-order valence-electron chi connectivity index (χ4n) is 6.57. The number of halogens is 1. The second-order valence-electron chi connectivity index (χ2n) is 13.6. The number of hydrogen-bond donors (Lipinski definition) is 2. The Balaban J connectivity index is 1.26. The van der Waals surface area contributed by atoms with E-state index in [2.05, 4.69) is 15.5 Å². The number of ether oxygens (including phenoxy) is 3. The van der Waals surface area contributed by atoms with Gasteiger partial charge in [-0.05, 0) is 56.2 Å². The topological polar surface area (TPSA) is 131 Å². The highest BCUT2D eigenvalue weighted by Gasteiger charge is 2.34. The first kappa shape index (κ1) is 32.5. The number of likely N-dealkylation sites (tertiary alicyclic amines) is 1. The van der Waals surface area contributed by atoms with E-state index in [9.17, 15) is 19.2 Å². The summed E-state index contributed by atoms with van der Waals surface area (Å²) in [5, 5.41) is 7.18. The van der Waals surface area contributed by atoms with Crippen molar-refractivity contribution in [3.63, 3.8) is 0 Å². The Labute approximate surface area is 281 Å². The molecule has 2 saturated heterocycles. The van der Waals surface area contributed by atoms with Crippen molar-refractivity contribution in [2.75, 3.05) is 51.3 Å². The Bertz CT molecular complexity index is 2050. The lowest BCUT2D eigenvalue weighted by molar-refractivity contribution is -0.116. The van der Waals surface area contributed by atoms with Crippen LogP contribution in [0.2, 0.25) is 0 Å². The standard InChI is InChI=1S/C36H38FN5O7/c1-36(2,3)49-35(46)38-23-8-11-41(19-23)34(45)25-20-42-27-16-21-6-4-5-7-22(21)17-28(27)48-33-30(26(37)18-24(31(33)42)32(25)44)39-29(43)9-10-40-12-14-47-15-13-40/h4-7,16-18,20,23H,8-15,19H2,1-3H3,(H,38,46)(H,39,43)/t23-/m1/s1. The summed E-state index contributed by atoms with van der Waals surface area (Å²) in [5.41, 5.74) is -0.893. The minimum atomic E-state index is -0.859. The highest BCUT2D eigenvalue weighted by atomic mass is 19.1. The van der Waals surface area contributed by atoms with Crippen LogP contribution in [0.3, 0.4) is 0 Å². The van der Waals surface area contributed by atoms with Crippen molar-refractivity contribution in [2.45, 2.75) is 45.3 Å². The lowest BCUT2D eigenvalue weighted by Crippen LogP contribution is -2.41. The lowest BCUT2D eigenvalue weighted by atomic mass is 10.0. The number of hydrogen-bond acceptors (Lipinski definition) is 8. The van der Waals surface area contributed by atoms with Crippen molar-refractivity contribution < 1.29 is 33.0 Å².